The first-order chi connectivity index (χ1) is 30.2. The second kappa shape index (κ2) is 23.5. The van der Waals surface area contributed by atoms with Crippen LogP contribution < -0.4 is 0 Å². The summed E-state index contributed by atoms with van der Waals surface area (Å²) in [4.78, 5) is 0. The summed E-state index contributed by atoms with van der Waals surface area (Å²) in [6.45, 7) is 25.8. The van der Waals surface area contributed by atoms with E-state index in [1.54, 1.807) is 0 Å². The molecule has 0 amide bonds. The zero-order valence-corrected chi connectivity index (χ0v) is 46.8. The van der Waals surface area contributed by atoms with E-state index in [1.807, 2.05) is 36.4 Å². The van der Waals surface area contributed by atoms with Gasteiger partial charge in [-0.1, -0.05) is 184 Å². The van der Waals surface area contributed by atoms with Gasteiger partial charge in [-0.3, -0.25) is 0 Å². The Bertz CT molecular complexity index is 1710. The highest BCUT2D eigenvalue weighted by Crippen LogP contribution is 2.50. The Labute approximate surface area is 416 Å². The van der Waals surface area contributed by atoms with Crippen LogP contribution >= 0.6 is 45.2 Å². The monoisotopic (exact) mass is 1140 g/mol. The molecule has 2 aromatic rings. The molecule has 0 saturated carbocycles. The zero-order valence-electron chi connectivity index (χ0n) is 40.5. The van der Waals surface area contributed by atoms with Gasteiger partial charge in [0.15, 0.2) is 16.6 Å². The van der Waals surface area contributed by atoms with E-state index in [-0.39, 0.29) is 33.5 Å². The minimum absolute atomic E-state index is 0.0844. The van der Waals surface area contributed by atoms with Gasteiger partial charge < -0.3 is 37.3 Å². The van der Waals surface area contributed by atoms with Crippen LogP contribution in [0, 0.1) is 0 Å². The summed E-state index contributed by atoms with van der Waals surface area (Å²) in [5, 5.41) is 0.341. The standard InChI is InChI=1S/2C26H39IO4Si/c2*1-24(2,3)32(4,5)30-20-26-15-14-25(31-26,13-9-10-16-27)17-23(18-26)29-21-28-19-22-11-7-6-8-12-22/h2*6-8,10-12,14-16,23H,9,13,17-21H2,1-5H3/b2*16-10-/t2*23-,25+,26-/m10/s1. The summed E-state index contributed by atoms with van der Waals surface area (Å²) >= 11 is 4.55. The van der Waals surface area contributed by atoms with E-state index in [9.17, 15) is 0 Å². The molecule has 8 nitrogen and oxygen atoms in total. The maximum atomic E-state index is 6.76. The Kier molecular flexibility index (Phi) is 19.8. The molecule has 6 atom stereocenters. The summed E-state index contributed by atoms with van der Waals surface area (Å²) in [6.07, 6.45) is 20.8. The van der Waals surface area contributed by atoms with Gasteiger partial charge in [0, 0.05) is 25.7 Å². The van der Waals surface area contributed by atoms with Crippen molar-refractivity contribution in [3.05, 3.63) is 116 Å². The number of fused-ring (bicyclic) bond motifs is 4. The lowest BCUT2D eigenvalue weighted by Crippen LogP contribution is -2.53. The number of rotatable bonds is 22. The van der Waals surface area contributed by atoms with Crippen LogP contribution in [0.4, 0.5) is 0 Å². The highest BCUT2D eigenvalue weighted by atomic mass is 127. The minimum atomic E-state index is -1.87. The average molecular weight is 1140 g/mol. The van der Waals surface area contributed by atoms with Gasteiger partial charge >= 0.3 is 0 Å². The van der Waals surface area contributed by atoms with Crippen LogP contribution in [0.1, 0.15) is 104 Å². The molecule has 4 aliphatic heterocycles. The highest BCUT2D eigenvalue weighted by molar-refractivity contribution is 14.1. The first kappa shape index (κ1) is 53.9. The first-order valence-corrected chi connectivity index (χ1v) is 31.5. The third kappa shape index (κ3) is 15.5. The van der Waals surface area contributed by atoms with Gasteiger partial charge in [-0.2, -0.15) is 0 Å². The molecule has 0 aliphatic carbocycles. The molecule has 0 unspecified atom stereocenters. The molecule has 4 aliphatic rings. The van der Waals surface area contributed by atoms with Gasteiger partial charge in [-0.05, 0) is 81.2 Å². The summed E-state index contributed by atoms with van der Waals surface area (Å²) in [5.41, 5.74) is 0.930. The van der Waals surface area contributed by atoms with Crippen molar-refractivity contribution in [2.24, 2.45) is 0 Å². The SMILES string of the molecule is CC(C)(C)[Si](C)(C)OC[C@@]12C=C[C@@](CC/C=C\I)(C[C@@H](OCOCc3ccccc3)C1)O2.CC(C)(C)[Si](C)(C)OC[C@]12C=C[C@](CC/C=C\I)(C[C@H](OCOCc3ccccc3)C1)O2. The summed E-state index contributed by atoms with van der Waals surface area (Å²) in [5.74, 6) is 0. The second-order valence-electron chi connectivity index (χ2n) is 21.3. The van der Waals surface area contributed by atoms with Crippen molar-refractivity contribution in [3.8, 4) is 0 Å². The topological polar surface area (TPSA) is 73.8 Å². The maximum Gasteiger partial charge on any atom is 0.192 e. The number of hydrogen-bond donors (Lipinski definition) is 0. The van der Waals surface area contributed by atoms with E-state index in [0.717, 1.165) is 62.5 Å². The van der Waals surface area contributed by atoms with E-state index < -0.39 is 27.8 Å². The van der Waals surface area contributed by atoms with Crippen LogP contribution in [0.3, 0.4) is 0 Å². The van der Waals surface area contributed by atoms with Crippen LogP contribution in [0.5, 0.6) is 0 Å². The first-order valence-electron chi connectivity index (χ1n) is 23.2. The maximum absolute atomic E-state index is 6.76. The lowest BCUT2D eigenvalue weighted by Gasteiger charge is -2.46. The number of benzene rings is 2. The zero-order chi connectivity index (χ0) is 46.6. The van der Waals surface area contributed by atoms with Crippen LogP contribution in [0.25, 0.3) is 0 Å². The van der Waals surface area contributed by atoms with Crippen molar-refractivity contribution >= 4 is 61.8 Å². The summed E-state index contributed by atoms with van der Waals surface area (Å²) in [7, 11) is -3.74. The average Bonchev–Trinajstić information content (AvgIpc) is 3.68. The molecule has 4 heterocycles. The molecule has 64 heavy (non-hydrogen) atoms. The largest absolute Gasteiger partial charge is 0.414 e. The number of hydrogen-bond acceptors (Lipinski definition) is 8. The Morgan fingerprint density at radius 1 is 0.562 bits per heavy atom. The Morgan fingerprint density at radius 2 is 0.906 bits per heavy atom. The molecule has 6 rings (SSSR count). The predicted molar refractivity (Wildman–Crippen MR) is 283 cm³/mol. The van der Waals surface area contributed by atoms with Gasteiger partial charge in [-0.15, -0.1) is 0 Å². The van der Waals surface area contributed by atoms with E-state index in [0.29, 0.717) is 40.0 Å². The Balaban J connectivity index is 0.000000241. The molecular formula is C52H78I2O8Si2. The van der Waals surface area contributed by atoms with Crippen LogP contribution in [0.15, 0.2) is 105 Å². The van der Waals surface area contributed by atoms with Gasteiger partial charge in [0.25, 0.3) is 0 Å². The molecule has 2 saturated heterocycles. The van der Waals surface area contributed by atoms with Crippen LogP contribution in [-0.2, 0) is 50.5 Å². The van der Waals surface area contributed by atoms with Gasteiger partial charge in [-0.25, -0.2) is 0 Å². The smallest absolute Gasteiger partial charge is 0.192 e. The third-order valence-electron chi connectivity index (χ3n) is 14.1. The van der Waals surface area contributed by atoms with Crippen molar-refractivity contribution in [1.82, 2.24) is 0 Å². The Hall–Kier alpha value is -1.03. The third-order valence-corrected chi connectivity index (χ3v) is 24.1. The quantitative estimate of drug-likeness (QED) is 0.0380. The van der Waals surface area contributed by atoms with Crippen molar-refractivity contribution in [2.45, 2.75) is 177 Å². The molecule has 2 fully saturated rings. The van der Waals surface area contributed by atoms with E-state index in [1.165, 1.54) is 0 Å². The molecule has 0 radical (unpaired) electrons. The van der Waals surface area contributed by atoms with Gasteiger partial charge in [0.2, 0.25) is 0 Å². The number of ether oxygens (including phenoxy) is 6. The minimum Gasteiger partial charge on any atom is -0.414 e. The molecule has 2 aromatic carbocycles. The molecule has 4 bridgehead atoms. The fourth-order valence-electron chi connectivity index (χ4n) is 8.24. The van der Waals surface area contributed by atoms with E-state index in [4.69, 9.17) is 37.3 Å². The van der Waals surface area contributed by atoms with Crippen molar-refractivity contribution in [3.63, 3.8) is 0 Å². The fraction of sp³-hybridized carbons (Fsp3) is 0.615. The fourth-order valence-corrected chi connectivity index (χ4v) is 11.0. The van der Waals surface area contributed by atoms with Crippen molar-refractivity contribution < 1.29 is 37.3 Å². The molecule has 356 valence electrons. The van der Waals surface area contributed by atoms with Crippen molar-refractivity contribution in [1.29, 1.82) is 0 Å². The lowest BCUT2D eigenvalue weighted by molar-refractivity contribution is -0.203. The van der Waals surface area contributed by atoms with E-state index in [2.05, 4.69) is 182 Å². The molecule has 0 spiro atoms. The van der Waals surface area contributed by atoms with E-state index >= 15 is 0 Å². The highest BCUT2D eigenvalue weighted by Gasteiger charge is 2.54. The number of halogens is 2. The second-order valence-corrected chi connectivity index (χ2v) is 32.4. The normalized spacial score (nSPS) is 28.0. The summed E-state index contributed by atoms with van der Waals surface area (Å²) < 4.78 is 55.0. The summed E-state index contributed by atoms with van der Waals surface area (Å²) in [6, 6.07) is 20.4. The molecule has 0 aromatic heterocycles. The van der Waals surface area contributed by atoms with Crippen LogP contribution in [0.2, 0.25) is 36.3 Å². The van der Waals surface area contributed by atoms with Crippen molar-refractivity contribution in [2.75, 3.05) is 26.8 Å². The van der Waals surface area contributed by atoms with Gasteiger partial charge in [0.05, 0.1) is 49.8 Å². The Morgan fingerprint density at radius 3 is 1.25 bits per heavy atom. The molecular weight excluding hydrogens is 1060 g/mol. The van der Waals surface area contributed by atoms with Gasteiger partial charge in [0.1, 0.15) is 24.8 Å². The predicted octanol–water partition coefficient (Wildman–Crippen LogP) is 14.3. The molecule has 12 heteroatoms. The lowest BCUT2D eigenvalue weighted by atomic mass is 9.86. The number of allylic oxidation sites excluding steroid dienone is 2. The van der Waals surface area contributed by atoms with Crippen LogP contribution in [-0.4, -0.2) is 78.0 Å². The molecule has 0 N–H and O–H groups in total.